The van der Waals surface area contributed by atoms with Gasteiger partial charge in [0.05, 0.1) is 17.1 Å². The Morgan fingerprint density at radius 2 is 0.735 bits per heavy atom. The lowest BCUT2D eigenvalue weighted by atomic mass is 10.1. The predicted molar refractivity (Wildman–Crippen MR) is 138 cm³/mol. The number of nitrogens with zero attached hydrogens (tertiary/aromatic N) is 4. The van der Waals surface area contributed by atoms with Crippen molar-refractivity contribution in [2.75, 3.05) is 0 Å². The number of pyridine rings is 3. The van der Waals surface area contributed by atoms with Crippen LogP contribution in [0.2, 0.25) is 0 Å². The molecule has 0 N–H and O–H groups in total. The Morgan fingerprint density at radius 3 is 1.09 bits per heavy atom. The number of aromatic nitrogens is 3. The first-order chi connectivity index (χ1) is 16.8. The van der Waals surface area contributed by atoms with Crippen LogP contribution in [0, 0.1) is 0 Å². The van der Waals surface area contributed by atoms with Gasteiger partial charge in [0.2, 0.25) is 0 Å². The predicted octanol–water partition coefficient (Wildman–Crippen LogP) is 6.53. The Balaban J connectivity index is 1.42. The third-order valence-corrected chi connectivity index (χ3v) is 6.39. The van der Waals surface area contributed by atoms with E-state index in [1.165, 1.54) is 32.3 Å². The van der Waals surface area contributed by atoms with Gasteiger partial charge in [0.25, 0.3) is 0 Å². The second kappa shape index (κ2) is 9.00. The Hall–Kier alpha value is -4.15. The molecule has 0 aliphatic carbocycles. The minimum absolute atomic E-state index is 0.706. The molecule has 6 aromatic rings. The van der Waals surface area contributed by atoms with Gasteiger partial charge >= 0.3 is 0 Å². The van der Waals surface area contributed by atoms with Crippen molar-refractivity contribution >= 4 is 32.3 Å². The van der Waals surface area contributed by atoms with Crippen LogP contribution in [0.25, 0.3) is 32.3 Å². The van der Waals surface area contributed by atoms with Crippen molar-refractivity contribution in [1.82, 2.24) is 19.9 Å². The highest BCUT2D eigenvalue weighted by atomic mass is 15.1. The van der Waals surface area contributed by atoms with Crippen molar-refractivity contribution in [1.29, 1.82) is 0 Å². The standard InChI is InChI=1S/C30H24N4/c1-4-10-25-22(7-1)13-16-31-28(25)19-34(20-29-26-11-5-2-8-23(26)14-17-32-29)21-30-27-12-6-3-9-24(27)15-18-33-30/h1-18H,19-21H2. The summed E-state index contributed by atoms with van der Waals surface area (Å²) in [5.74, 6) is 0. The van der Waals surface area contributed by atoms with Gasteiger partial charge in [0.1, 0.15) is 0 Å². The maximum atomic E-state index is 4.77. The summed E-state index contributed by atoms with van der Waals surface area (Å²) < 4.78 is 0. The SMILES string of the molecule is c1ccc2c(CN(Cc3nccc4ccccc34)Cc3nccc4ccccc34)nccc2c1. The van der Waals surface area contributed by atoms with E-state index < -0.39 is 0 Å². The number of hydrogen-bond donors (Lipinski definition) is 0. The quantitative estimate of drug-likeness (QED) is 0.295. The average Bonchev–Trinajstić information content (AvgIpc) is 2.89. The van der Waals surface area contributed by atoms with Crippen LogP contribution < -0.4 is 0 Å². The molecule has 6 rings (SSSR count). The van der Waals surface area contributed by atoms with Gasteiger partial charge in [-0.25, -0.2) is 0 Å². The molecule has 3 aromatic heterocycles. The van der Waals surface area contributed by atoms with Gasteiger partial charge in [0.15, 0.2) is 0 Å². The molecule has 0 fully saturated rings. The second-order valence-electron chi connectivity index (χ2n) is 8.58. The van der Waals surface area contributed by atoms with Crippen molar-refractivity contribution in [3.8, 4) is 0 Å². The van der Waals surface area contributed by atoms with Crippen LogP contribution in [-0.2, 0) is 19.6 Å². The lowest BCUT2D eigenvalue weighted by Gasteiger charge is -2.23. The Labute approximate surface area is 198 Å². The topological polar surface area (TPSA) is 41.9 Å². The highest BCUT2D eigenvalue weighted by Crippen LogP contribution is 2.24. The van der Waals surface area contributed by atoms with E-state index in [0.717, 1.165) is 17.1 Å². The van der Waals surface area contributed by atoms with Gasteiger partial charge in [-0.05, 0) is 34.4 Å². The summed E-state index contributed by atoms with van der Waals surface area (Å²) in [6.07, 6.45) is 5.71. The molecule has 0 unspecified atom stereocenters. The fourth-order valence-corrected chi connectivity index (χ4v) is 4.73. The number of benzene rings is 3. The molecule has 0 atom stereocenters. The van der Waals surface area contributed by atoms with Crippen molar-refractivity contribution in [2.45, 2.75) is 19.6 Å². The van der Waals surface area contributed by atoms with E-state index in [1.807, 2.05) is 18.6 Å². The minimum atomic E-state index is 0.706. The first-order valence-electron chi connectivity index (χ1n) is 11.6. The van der Waals surface area contributed by atoms with E-state index >= 15 is 0 Å². The molecule has 3 aromatic carbocycles. The van der Waals surface area contributed by atoms with E-state index in [4.69, 9.17) is 15.0 Å². The molecule has 34 heavy (non-hydrogen) atoms. The summed E-state index contributed by atoms with van der Waals surface area (Å²) in [6, 6.07) is 31.6. The van der Waals surface area contributed by atoms with Crippen LogP contribution in [0.5, 0.6) is 0 Å². The first kappa shape index (κ1) is 20.5. The van der Waals surface area contributed by atoms with Crippen LogP contribution in [0.1, 0.15) is 17.1 Å². The summed E-state index contributed by atoms with van der Waals surface area (Å²) in [4.78, 5) is 16.7. The monoisotopic (exact) mass is 440 g/mol. The smallest absolute Gasteiger partial charge is 0.0622 e. The number of rotatable bonds is 6. The maximum absolute atomic E-state index is 4.77. The highest BCUT2D eigenvalue weighted by Gasteiger charge is 2.15. The average molecular weight is 441 g/mol. The van der Waals surface area contributed by atoms with Crippen LogP contribution in [0.3, 0.4) is 0 Å². The van der Waals surface area contributed by atoms with Gasteiger partial charge in [-0.2, -0.15) is 0 Å². The first-order valence-corrected chi connectivity index (χ1v) is 11.6. The molecule has 0 aliphatic rings. The van der Waals surface area contributed by atoms with Crippen molar-refractivity contribution in [2.24, 2.45) is 0 Å². The second-order valence-corrected chi connectivity index (χ2v) is 8.58. The molecular weight excluding hydrogens is 416 g/mol. The van der Waals surface area contributed by atoms with Gasteiger partial charge in [-0.15, -0.1) is 0 Å². The minimum Gasteiger partial charge on any atom is -0.286 e. The van der Waals surface area contributed by atoms with Crippen molar-refractivity contribution in [3.63, 3.8) is 0 Å². The number of hydrogen-bond acceptors (Lipinski definition) is 4. The van der Waals surface area contributed by atoms with Gasteiger partial charge in [-0.1, -0.05) is 72.8 Å². The highest BCUT2D eigenvalue weighted by molar-refractivity contribution is 5.86. The van der Waals surface area contributed by atoms with Crippen molar-refractivity contribution in [3.05, 3.63) is 127 Å². The Morgan fingerprint density at radius 1 is 0.412 bits per heavy atom. The van der Waals surface area contributed by atoms with Gasteiger partial charge in [-0.3, -0.25) is 19.9 Å². The van der Waals surface area contributed by atoms with E-state index in [2.05, 4.69) is 95.9 Å². The largest absolute Gasteiger partial charge is 0.286 e. The molecule has 0 saturated heterocycles. The lowest BCUT2D eigenvalue weighted by Crippen LogP contribution is -2.24. The fourth-order valence-electron chi connectivity index (χ4n) is 4.73. The third kappa shape index (κ3) is 4.00. The van der Waals surface area contributed by atoms with E-state index in [0.29, 0.717) is 19.6 Å². The van der Waals surface area contributed by atoms with E-state index in [9.17, 15) is 0 Å². The molecule has 4 heteroatoms. The molecule has 0 saturated carbocycles. The summed E-state index contributed by atoms with van der Waals surface area (Å²) in [7, 11) is 0. The van der Waals surface area contributed by atoms with Crippen LogP contribution in [0.4, 0.5) is 0 Å². The zero-order chi connectivity index (χ0) is 22.7. The summed E-state index contributed by atoms with van der Waals surface area (Å²) in [5, 5.41) is 7.18. The molecule has 0 amide bonds. The maximum Gasteiger partial charge on any atom is 0.0622 e. The lowest BCUT2D eigenvalue weighted by molar-refractivity contribution is 0.242. The molecule has 4 nitrogen and oxygen atoms in total. The van der Waals surface area contributed by atoms with E-state index in [-0.39, 0.29) is 0 Å². The molecular formula is C30H24N4. The molecule has 0 aliphatic heterocycles. The summed E-state index contributed by atoms with van der Waals surface area (Å²) >= 11 is 0. The van der Waals surface area contributed by atoms with Crippen LogP contribution >= 0.6 is 0 Å². The molecule has 0 spiro atoms. The molecule has 3 heterocycles. The van der Waals surface area contributed by atoms with Crippen LogP contribution in [-0.4, -0.2) is 19.9 Å². The fraction of sp³-hybridized carbons (Fsp3) is 0.100. The molecule has 0 radical (unpaired) electrons. The third-order valence-electron chi connectivity index (χ3n) is 6.39. The number of fused-ring (bicyclic) bond motifs is 3. The summed E-state index contributed by atoms with van der Waals surface area (Å²) in [5.41, 5.74) is 3.20. The van der Waals surface area contributed by atoms with Gasteiger partial charge in [0, 0.05) is 54.4 Å². The van der Waals surface area contributed by atoms with Gasteiger partial charge < -0.3 is 0 Å². The van der Waals surface area contributed by atoms with E-state index in [1.54, 1.807) is 0 Å². The van der Waals surface area contributed by atoms with Crippen molar-refractivity contribution < 1.29 is 0 Å². The zero-order valence-corrected chi connectivity index (χ0v) is 18.8. The molecule has 0 bridgehead atoms. The van der Waals surface area contributed by atoms with Crippen LogP contribution in [0.15, 0.2) is 110 Å². The summed E-state index contributed by atoms with van der Waals surface area (Å²) in [6.45, 7) is 2.12. The zero-order valence-electron chi connectivity index (χ0n) is 18.8. The Bertz CT molecular complexity index is 1400. The molecule has 164 valence electrons. The normalized spacial score (nSPS) is 11.6. The Kier molecular flexibility index (Phi) is 5.42.